The first-order chi connectivity index (χ1) is 16.8. The van der Waals surface area contributed by atoms with Gasteiger partial charge in [0, 0.05) is 11.0 Å². The molecule has 2 aliphatic heterocycles. The highest BCUT2D eigenvalue weighted by atomic mass is 31.2. The highest BCUT2D eigenvalue weighted by Crippen LogP contribution is 2.65. The van der Waals surface area contributed by atoms with Gasteiger partial charge in [-0.1, -0.05) is 61.9 Å². The molecule has 35 heavy (non-hydrogen) atoms. The molecular formula is C28H27N2O4P. The molecule has 3 aromatic rings. The van der Waals surface area contributed by atoms with Crippen LogP contribution in [0.25, 0.3) is 11.4 Å². The van der Waals surface area contributed by atoms with E-state index in [2.05, 4.69) is 10.2 Å². The van der Waals surface area contributed by atoms with Crippen LogP contribution in [-0.2, 0) is 13.6 Å². The Balaban J connectivity index is 1.50. The number of nitrogens with zero attached hydrogens (tertiary/aromatic N) is 2. The number of aryl methyl sites for hydroxylation is 1. The van der Waals surface area contributed by atoms with Gasteiger partial charge in [-0.25, -0.2) is 0 Å². The van der Waals surface area contributed by atoms with Crippen LogP contribution in [0.2, 0.25) is 0 Å². The van der Waals surface area contributed by atoms with E-state index in [1.54, 1.807) is 0 Å². The molecule has 5 rings (SSSR count). The molecule has 7 heteroatoms. The number of benzene rings is 3. The van der Waals surface area contributed by atoms with E-state index in [9.17, 15) is 4.57 Å². The fourth-order valence-electron chi connectivity index (χ4n) is 3.75. The lowest BCUT2D eigenvalue weighted by atomic mass is 9.97. The van der Waals surface area contributed by atoms with Gasteiger partial charge in [-0.15, -0.1) is 0 Å². The molecule has 1 fully saturated rings. The van der Waals surface area contributed by atoms with Gasteiger partial charge >= 0.3 is 7.60 Å². The first-order valence-electron chi connectivity index (χ1n) is 11.5. The van der Waals surface area contributed by atoms with Gasteiger partial charge in [0.2, 0.25) is 0 Å². The Labute approximate surface area is 205 Å². The van der Waals surface area contributed by atoms with Crippen molar-refractivity contribution in [3.8, 4) is 5.75 Å². The zero-order valence-electron chi connectivity index (χ0n) is 20.0. The Morgan fingerprint density at radius 3 is 2.26 bits per heavy atom. The van der Waals surface area contributed by atoms with Gasteiger partial charge < -0.3 is 13.8 Å². The first kappa shape index (κ1) is 23.4. The van der Waals surface area contributed by atoms with Crippen LogP contribution in [0.3, 0.4) is 0 Å². The summed E-state index contributed by atoms with van der Waals surface area (Å²) >= 11 is 0. The molecule has 2 aliphatic rings. The molecule has 1 saturated heterocycles. The fraction of sp³-hybridized carbons (Fsp3) is 0.214. The number of hydrogen-bond acceptors (Lipinski definition) is 6. The van der Waals surface area contributed by atoms with Gasteiger partial charge in [-0.3, -0.25) is 4.57 Å². The van der Waals surface area contributed by atoms with Crippen molar-refractivity contribution in [1.29, 1.82) is 0 Å². The maximum absolute atomic E-state index is 13.9. The molecule has 0 bridgehead atoms. The predicted octanol–water partition coefficient (Wildman–Crippen LogP) is 8.45. The molecule has 2 heterocycles. The Hall–Kier alpha value is -3.31. The molecule has 6 nitrogen and oxygen atoms in total. The molecule has 0 spiro atoms. The molecule has 0 atom stereocenters. The summed E-state index contributed by atoms with van der Waals surface area (Å²) in [7, 11) is -3.61. The highest BCUT2D eigenvalue weighted by molar-refractivity contribution is 7.65. The van der Waals surface area contributed by atoms with Crippen LogP contribution in [0.4, 0.5) is 11.4 Å². The van der Waals surface area contributed by atoms with Crippen LogP contribution >= 0.6 is 7.60 Å². The minimum atomic E-state index is -3.61. The Bertz CT molecular complexity index is 1360. The van der Waals surface area contributed by atoms with E-state index in [1.165, 1.54) is 0 Å². The van der Waals surface area contributed by atoms with Crippen LogP contribution in [0.5, 0.6) is 5.75 Å². The van der Waals surface area contributed by atoms with Gasteiger partial charge in [0.25, 0.3) is 0 Å². The highest BCUT2D eigenvalue weighted by Gasteiger charge is 2.42. The smallest absolute Gasteiger partial charge is 0.365 e. The quantitative estimate of drug-likeness (QED) is 0.274. The van der Waals surface area contributed by atoms with Crippen molar-refractivity contribution < 1.29 is 18.3 Å². The summed E-state index contributed by atoms with van der Waals surface area (Å²) in [6, 6.07) is 22.9. The fourth-order valence-corrected chi connectivity index (χ4v) is 5.98. The Morgan fingerprint density at radius 2 is 1.54 bits per heavy atom. The third-order valence-corrected chi connectivity index (χ3v) is 7.71. The van der Waals surface area contributed by atoms with Crippen molar-refractivity contribution in [2.75, 3.05) is 13.2 Å². The first-order valence-corrected chi connectivity index (χ1v) is 13.0. The molecule has 0 aliphatic carbocycles. The third-order valence-electron chi connectivity index (χ3n) is 5.75. The second-order valence-corrected chi connectivity index (χ2v) is 11.4. The molecule has 0 amide bonds. The Morgan fingerprint density at radius 1 is 0.857 bits per heavy atom. The number of rotatable bonds is 4. The lowest BCUT2D eigenvalue weighted by Crippen LogP contribution is -2.29. The van der Waals surface area contributed by atoms with E-state index in [0.717, 1.165) is 22.4 Å². The van der Waals surface area contributed by atoms with E-state index in [4.69, 9.17) is 13.8 Å². The van der Waals surface area contributed by atoms with Gasteiger partial charge in [0.05, 0.1) is 24.6 Å². The average molecular weight is 487 g/mol. The van der Waals surface area contributed by atoms with Crippen LogP contribution in [-0.4, -0.2) is 13.2 Å². The van der Waals surface area contributed by atoms with Crippen LogP contribution in [0.15, 0.2) is 94.9 Å². The predicted molar refractivity (Wildman–Crippen MR) is 138 cm³/mol. The molecule has 0 aromatic heterocycles. The molecule has 3 aromatic carbocycles. The Kier molecular flexibility index (Phi) is 6.28. The topological polar surface area (TPSA) is 69.5 Å². The SMILES string of the molecule is Cc1ccc(/C(=C2/C=Cc3cc(N=Nc4ccccc4)ccc3O2)P2(=O)OCC(C)(C)CO2)cc1. The van der Waals surface area contributed by atoms with Crippen molar-refractivity contribution >= 4 is 30.4 Å². The maximum Gasteiger partial charge on any atom is 0.365 e. The largest absolute Gasteiger partial charge is 0.456 e. The summed E-state index contributed by atoms with van der Waals surface area (Å²) in [5, 5.41) is 9.04. The number of azo groups is 1. The molecular weight excluding hydrogens is 459 g/mol. The van der Waals surface area contributed by atoms with E-state index < -0.39 is 7.60 Å². The van der Waals surface area contributed by atoms with Crippen LogP contribution in [0.1, 0.15) is 30.5 Å². The van der Waals surface area contributed by atoms with Crippen LogP contribution < -0.4 is 4.74 Å². The average Bonchev–Trinajstić information content (AvgIpc) is 2.87. The van der Waals surface area contributed by atoms with Crippen molar-refractivity contribution in [3.63, 3.8) is 0 Å². The normalized spacial score (nSPS) is 19.7. The number of ether oxygens (including phenoxy) is 1. The summed E-state index contributed by atoms with van der Waals surface area (Å²) in [6.45, 7) is 6.73. The van der Waals surface area contributed by atoms with Gasteiger partial charge in [0.15, 0.2) is 0 Å². The van der Waals surface area contributed by atoms with Crippen molar-refractivity contribution in [2.45, 2.75) is 20.8 Å². The second-order valence-electron chi connectivity index (χ2n) is 9.48. The van der Waals surface area contributed by atoms with Crippen molar-refractivity contribution in [3.05, 3.63) is 101 Å². The van der Waals surface area contributed by atoms with Crippen LogP contribution in [0, 0.1) is 12.3 Å². The molecule has 178 valence electrons. The van der Waals surface area contributed by atoms with Gasteiger partial charge in [0.1, 0.15) is 16.8 Å². The van der Waals surface area contributed by atoms with Gasteiger partial charge in [-0.05, 0) is 55.0 Å². The lowest BCUT2D eigenvalue weighted by Gasteiger charge is -2.35. The summed E-state index contributed by atoms with van der Waals surface area (Å²) in [5.74, 6) is 1.08. The minimum Gasteiger partial charge on any atom is -0.456 e. The van der Waals surface area contributed by atoms with E-state index in [1.807, 2.05) is 106 Å². The zero-order valence-corrected chi connectivity index (χ0v) is 20.9. The summed E-state index contributed by atoms with van der Waals surface area (Å²) < 4.78 is 32.0. The summed E-state index contributed by atoms with van der Waals surface area (Å²) in [6.07, 6.45) is 3.73. The van der Waals surface area contributed by atoms with E-state index in [-0.39, 0.29) is 5.41 Å². The second kappa shape index (κ2) is 9.38. The molecule has 0 N–H and O–H groups in total. The van der Waals surface area contributed by atoms with E-state index >= 15 is 0 Å². The summed E-state index contributed by atoms with van der Waals surface area (Å²) in [5.41, 5.74) is 3.98. The number of hydrogen-bond donors (Lipinski definition) is 0. The van der Waals surface area contributed by atoms with Crippen molar-refractivity contribution in [2.24, 2.45) is 15.6 Å². The molecule has 0 radical (unpaired) electrons. The standard InChI is InChI=1S/C28H27N2O4P/c1-20-9-11-21(12-10-20)27(35(31)32-18-28(2,3)19-33-35)26-15-13-22-17-24(14-16-25(22)34-26)30-29-23-7-5-4-6-8-23/h4-17H,18-19H2,1-3H3/b27-26+,30-29?. The third kappa shape index (κ3) is 5.20. The van der Waals surface area contributed by atoms with Gasteiger partial charge in [-0.2, -0.15) is 10.2 Å². The van der Waals surface area contributed by atoms with E-state index in [0.29, 0.717) is 35.7 Å². The van der Waals surface area contributed by atoms with Crippen molar-refractivity contribution in [1.82, 2.24) is 0 Å². The zero-order chi connectivity index (χ0) is 24.5. The molecule has 0 saturated carbocycles. The minimum absolute atomic E-state index is 0.211. The maximum atomic E-state index is 13.9. The number of allylic oxidation sites excluding steroid dienone is 1. The number of fused-ring (bicyclic) bond motifs is 1. The lowest BCUT2D eigenvalue weighted by molar-refractivity contribution is 0.0466. The molecule has 0 unspecified atom stereocenters. The monoisotopic (exact) mass is 486 g/mol. The summed E-state index contributed by atoms with van der Waals surface area (Å²) in [4.78, 5) is 0.